The number of hydrogen-bond acceptors (Lipinski definition) is 4. The van der Waals surface area contributed by atoms with Gasteiger partial charge < -0.3 is 10.6 Å². The van der Waals surface area contributed by atoms with E-state index >= 15 is 0 Å². The summed E-state index contributed by atoms with van der Waals surface area (Å²) in [6.45, 7) is 4.37. The Morgan fingerprint density at radius 1 is 1.26 bits per heavy atom. The summed E-state index contributed by atoms with van der Waals surface area (Å²) in [4.78, 5) is 23.2. The van der Waals surface area contributed by atoms with Crippen LogP contribution in [0.4, 0.5) is 0 Å². The zero-order valence-corrected chi connectivity index (χ0v) is 12.0. The highest BCUT2D eigenvalue weighted by atomic mass is 35.5. The average Bonchev–Trinajstić information content (AvgIpc) is 2.36. The summed E-state index contributed by atoms with van der Waals surface area (Å²) in [5.41, 5.74) is 0.0818. The maximum absolute atomic E-state index is 11.8. The van der Waals surface area contributed by atoms with Crippen LogP contribution in [-0.4, -0.2) is 35.1 Å². The van der Waals surface area contributed by atoms with Crippen molar-refractivity contribution in [3.8, 4) is 0 Å². The van der Waals surface area contributed by atoms with Crippen LogP contribution in [0.5, 0.6) is 0 Å². The molecule has 0 aliphatic heterocycles. The molecule has 0 saturated heterocycles. The summed E-state index contributed by atoms with van der Waals surface area (Å²) >= 11 is 11.3. The van der Waals surface area contributed by atoms with Gasteiger partial charge in [0, 0.05) is 6.54 Å². The van der Waals surface area contributed by atoms with Gasteiger partial charge in [-0.25, -0.2) is 0 Å². The van der Waals surface area contributed by atoms with E-state index in [9.17, 15) is 9.59 Å². The summed E-state index contributed by atoms with van der Waals surface area (Å²) in [7, 11) is 0. The Hall–Kier alpha value is -1.40. The van der Waals surface area contributed by atoms with E-state index in [0.717, 1.165) is 0 Å². The van der Waals surface area contributed by atoms with Crippen molar-refractivity contribution >= 4 is 35.0 Å². The second-order valence-corrected chi connectivity index (χ2v) is 5.00. The van der Waals surface area contributed by atoms with Gasteiger partial charge in [-0.15, -0.1) is 10.2 Å². The number of hydrogen-bond donors (Lipinski definition) is 2. The molecule has 0 spiro atoms. The van der Waals surface area contributed by atoms with Crippen LogP contribution in [0.15, 0.2) is 6.07 Å². The molecule has 2 amide bonds. The number of carbonyl (C=O) groups is 2. The van der Waals surface area contributed by atoms with Gasteiger partial charge in [0.15, 0.2) is 10.3 Å². The van der Waals surface area contributed by atoms with Gasteiger partial charge in [0.05, 0.1) is 12.1 Å². The molecular weight excluding hydrogens is 291 g/mol. The Bertz CT molecular complexity index is 480. The maximum atomic E-state index is 11.8. The molecular formula is C11H14Cl2N4O2. The van der Waals surface area contributed by atoms with Crippen LogP contribution < -0.4 is 10.6 Å². The van der Waals surface area contributed by atoms with Crippen molar-refractivity contribution < 1.29 is 9.59 Å². The molecule has 1 aromatic heterocycles. The zero-order valence-electron chi connectivity index (χ0n) is 10.5. The number of aromatic nitrogens is 2. The summed E-state index contributed by atoms with van der Waals surface area (Å²) in [6, 6.07) is 1.29. The topological polar surface area (TPSA) is 84.0 Å². The van der Waals surface area contributed by atoms with Crippen LogP contribution in [-0.2, 0) is 4.79 Å². The SMILES string of the molecule is CC(C)CNC(=O)CNC(=O)c1cc(Cl)nnc1Cl. The summed E-state index contributed by atoms with van der Waals surface area (Å²) in [6.07, 6.45) is 0. The Balaban J connectivity index is 2.51. The van der Waals surface area contributed by atoms with Gasteiger partial charge in [-0.1, -0.05) is 37.0 Å². The molecule has 0 aromatic carbocycles. The van der Waals surface area contributed by atoms with Crippen molar-refractivity contribution in [2.45, 2.75) is 13.8 Å². The van der Waals surface area contributed by atoms with E-state index in [0.29, 0.717) is 12.5 Å². The lowest BCUT2D eigenvalue weighted by atomic mass is 10.2. The van der Waals surface area contributed by atoms with Crippen LogP contribution in [0.2, 0.25) is 10.3 Å². The average molecular weight is 305 g/mol. The molecule has 19 heavy (non-hydrogen) atoms. The Labute approximate surface area is 120 Å². The lowest BCUT2D eigenvalue weighted by molar-refractivity contribution is -0.120. The number of amides is 2. The fourth-order valence-corrected chi connectivity index (χ4v) is 1.47. The first-order valence-electron chi connectivity index (χ1n) is 5.63. The predicted octanol–water partition coefficient (Wildman–Crippen LogP) is 1.29. The van der Waals surface area contributed by atoms with E-state index in [1.807, 2.05) is 13.8 Å². The summed E-state index contributed by atoms with van der Waals surface area (Å²) in [5.74, 6) is -0.454. The Kier molecular flexibility index (Phi) is 5.98. The largest absolute Gasteiger partial charge is 0.354 e. The van der Waals surface area contributed by atoms with Crippen LogP contribution in [0.25, 0.3) is 0 Å². The molecule has 104 valence electrons. The van der Waals surface area contributed by atoms with Gasteiger partial charge in [-0.3, -0.25) is 9.59 Å². The van der Waals surface area contributed by atoms with Crippen molar-refractivity contribution in [3.05, 3.63) is 21.9 Å². The second-order valence-electron chi connectivity index (χ2n) is 4.25. The van der Waals surface area contributed by atoms with Gasteiger partial charge >= 0.3 is 0 Å². The molecule has 6 nitrogen and oxygen atoms in total. The molecule has 0 saturated carbocycles. The third-order valence-electron chi connectivity index (χ3n) is 2.08. The van der Waals surface area contributed by atoms with E-state index in [2.05, 4.69) is 20.8 Å². The highest BCUT2D eigenvalue weighted by Crippen LogP contribution is 2.14. The minimum atomic E-state index is -0.526. The predicted molar refractivity (Wildman–Crippen MR) is 72.2 cm³/mol. The molecule has 0 aliphatic carbocycles. The molecule has 0 bridgehead atoms. The molecule has 0 atom stereocenters. The molecule has 1 rings (SSSR count). The van der Waals surface area contributed by atoms with Crippen molar-refractivity contribution in [2.24, 2.45) is 5.92 Å². The van der Waals surface area contributed by atoms with Crippen molar-refractivity contribution in [1.29, 1.82) is 0 Å². The normalized spacial score (nSPS) is 10.4. The molecule has 0 aliphatic rings. The second kappa shape index (κ2) is 7.25. The Morgan fingerprint density at radius 2 is 1.95 bits per heavy atom. The molecule has 2 N–H and O–H groups in total. The third kappa shape index (κ3) is 5.40. The Morgan fingerprint density at radius 3 is 2.58 bits per heavy atom. The first-order chi connectivity index (χ1) is 8.90. The van der Waals surface area contributed by atoms with Gasteiger partial charge in [0.2, 0.25) is 5.91 Å². The van der Waals surface area contributed by atoms with Crippen LogP contribution in [0.1, 0.15) is 24.2 Å². The maximum Gasteiger partial charge on any atom is 0.255 e. The van der Waals surface area contributed by atoms with Gasteiger partial charge in [-0.05, 0) is 12.0 Å². The number of rotatable bonds is 5. The molecule has 0 unspecified atom stereocenters. The highest BCUT2D eigenvalue weighted by Gasteiger charge is 2.14. The van der Waals surface area contributed by atoms with E-state index in [1.165, 1.54) is 6.07 Å². The smallest absolute Gasteiger partial charge is 0.255 e. The third-order valence-corrected chi connectivity index (χ3v) is 2.54. The van der Waals surface area contributed by atoms with E-state index in [4.69, 9.17) is 23.2 Å². The van der Waals surface area contributed by atoms with Crippen LogP contribution in [0, 0.1) is 5.92 Å². The lowest BCUT2D eigenvalue weighted by Crippen LogP contribution is -2.38. The molecule has 1 heterocycles. The highest BCUT2D eigenvalue weighted by molar-refractivity contribution is 6.34. The molecule has 8 heteroatoms. The molecule has 0 radical (unpaired) electrons. The van der Waals surface area contributed by atoms with Gasteiger partial charge in [0.25, 0.3) is 5.91 Å². The van der Waals surface area contributed by atoms with E-state index in [1.54, 1.807) is 0 Å². The van der Waals surface area contributed by atoms with E-state index in [-0.39, 0.29) is 28.3 Å². The van der Waals surface area contributed by atoms with Crippen molar-refractivity contribution in [3.63, 3.8) is 0 Å². The first kappa shape index (κ1) is 15.7. The number of halogens is 2. The minimum absolute atomic E-state index is 0.0545. The summed E-state index contributed by atoms with van der Waals surface area (Å²) < 4.78 is 0. The van der Waals surface area contributed by atoms with Crippen molar-refractivity contribution in [1.82, 2.24) is 20.8 Å². The number of nitrogens with one attached hydrogen (secondary N) is 2. The molecule has 1 aromatic rings. The quantitative estimate of drug-likeness (QED) is 0.858. The summed E-state index contributed by atoms with van der Waals surface area (Å²) in [5, 5.41) is 12.1. The zero-order chi connectivity index (χ0) is 14.4. The van der Waals surface area contributed by atoms with Gasteiger partial charge in [0.1, 0.15) is 0 Å². The lowest BCUT2D eigenvalue weighted by Gasteiger charge is -2.09. The molecule has 0 fully saturated rings. The van der Waals surface area contributed by atoms with Crippen molar-refractivity contribution in [2.75, 3.05) is 13.1 Å². The van der Waals surface area contributed by atoms with Crippen LogP contribution >= 0.6 is 23.2 Å². The number of nitrogens with zero attached hydrogens (tertiary/aromatic N) is 2. The fraction of sp³-hybridized carbons (Fsp3) is 0.455. The van der Waals surface area contributed by atoms with Gasteiger partial charge in [-0.2, -0.15) is 0 Å². The first-order valence-corrected chi connectivity index (χ1v) is 6.39. The monoisotopic (exact) mass is 304 g/mol. The van der Waals surface area contributed by atoms with E-state index < -0.39 is 5.91 Å². The number of carbonyl (C=O) groups excluding carboxylic acids is 2. The minimum Gasteiger partial charge on any atom is -0.354 e. The van der Waals surface area contributed by atoms with Crippen LogP contribution in [0.3, 0.4) is 0 Å². The standard InChI is InChI=1S/C11H14Cl2N4O2/c1-6(2)4-14-9(18)5-15-11(19)7-3-8(12)16-17-10(7)13/h3,6H,4-5H2,1-2H3,(H,14,18)(H,15,19). The fourth-order valence-electron chi connectivity index (χ4n) is 1.15.